The number of amides is 1. The standard InChI is InChI=1S/C13H18N2O4S/c1-9(8-16)14-20(18,19)12-4-3-11-5-6-15(10(2)17)13(11)7-12/h3-4,7,9,14,16H,5-6,8H2,1-2H3/t9-/m0/s1. The molecule has 6 nitrogen and oxygen atoms in total. The third kappa shape index (κ3) is 2.84. The minimum Gasteiger partial charge on any atom is -0.395 e. The van der Waals surface area contributed by atoms with E-state index in [2.05, 4.69) is 4.72 Å². The number of aliphatic hydroxyl groups excluding tert-OH is 1. The molecule has 0 saturated heterocycles. The van der Waals surface area contributed by atoms with Crippen molar-refractivity contribution in [1.82, 2.24) is 4.72 Å². The van der Waals surface area contributed by atoms with Gasteiger partial charge in [-0.3, -0.25) is 4.79 Å². The van der Waals surface area contributed by atoms with E-state index in [4.69, 9.17) is 5.11 Å². The lowest BCUT2D eigenvalue weighted by molar-refractivity contribution is -0.116. The largest absolute Gasteiger partial charge is 0.395 e. The SMILES string of the molecule is CC(=O)N1CCc2ccc(S(=O)(=O)N[C@@H](C)CO)cc21. The highest BCUT2D eigenvalue weighted by atomic mass is 32.2. The minimum absolute atomic E-state index is 0.102. The van der Waals surface area contributed by atoms with Crippen molar-refractivity contribution >= 4 is 21.6 Å². The molecule has 1 atom stereocenters. The third-order valence-corrected chi connectivity index (χ3v) is 4.86. The average molecular weight is 298 g/mol. The molecule has 0 bridgehead atoms. The van der Waals surface area contributed by atoms with Gasteiger partial charge in [-0.25, -0.2) is 13.1 Å². The van der Waals surface area contributed by atoms with Crippen LogP contribution in [0.25, 0.3) is 0 Å². The third-order valence-electron chi connectivity index (χ3n) is 3.27. The van der Waals surface area contributed by atoms with Crippen LogP contribution in [0.3, 0.4) is 0 Å². The van der Waals surface area contributed by atoms with Crippen LogP contribution in [0.2, 0.25) is 0 Å². The number of carbonyl (C=O) groups excluding carboxylic acids is 1. The summed E-state index contributed by atoms with van der Waals surface area (Å²) in [6, 6.07) is 4.21. The number of nitrogens with one attached hydrogen (secondary N) is 1. The number of fused-ring (bicyclic) bond motifs is 1. The monoisotopic (exact) mass is 298 g/mol. The molecule has 0 aromatic heterocycles. The van der Waals surface area contributed by atoms with E-state index in [9.17, 15) is 13.2 Å². The maximum Gasteiger partial charge on any atom is 0.240 e. The van der Waals surface area contributed by atoms with Crippen LogP contribution in [0.4, 0.5) is 5.69 Å². The van der Waals surface area contributed by atoms with E-state index in [0.29, 0.717) is 12.2 Å². The molecule has 2 N–H and O–H groups in total. The Hall–Kier alpha value is -1.44. The van der Waals surface area contributed by atoms with Crippen LogP contribution in [-0.4, -0.2) is 38.6 Å². The first-order valence-corrected chi connectivity index (χ1v) is 7.87. The zero-order valence-corrected chi connectivity index (χ0v) is 12.3. The summed E-state index contributed by atoms with van der Waals surface area (Å²) in [5.41, 5.74) is 1.62. The Bertz CT molecular complexity index is 627. The molecule has 1 aliphatic rings. The van der Waals surface area contributed by atoms with Crippen molar-refractivity contribution in [1.29, 1.82) is 0 Å². The molecule has 0 saturated carbocycles. The Morgan fingerprint density at radius 1 is 1.50 bits per heavy atom. The van der Waals surface area contributed by atoms with Crippen LogP contribution in [0, 0.1) is 0 Å². The molecule has 1 aliphatic heterocycles. The van der Waals surface area contributed by atoms with E-state index in [1.54, 1.807) is 17.9 Å². The molecule has 0 fully saturated rings. The number of anilines is 1. The van der Waals surface area contributed by atoms with Gasteiger partial charge in [-0.1, -0.05) is 6.07 Å². The Morgan fingerprint density at radius 2 is 2.20 bits per heavy atom. The van der Waals surface area contributed by atoms with Gasteiger partial charge in [0.25, 0.3) is 0 Å². The molecule has 1 amide bonds. The van der Waals surface area contributed by atoms with Crippen molar-refractivity contribution in [2.75, 3.05) is 18.1 Å². The van der Waals surface area contributed by atoms with E-state index in [-0.39, 0.29) is 17.4 Å². The quantitative estimate of drug-likeness (QED) is 0.834. The van der Waals surface area contributed by atoms with Crippen molar-refractivity contribution in [2.45, 2.75) is 31.2 Å². The Balaban J connectivity index is 2.36. The normalized spacial score (nSPS) is 16.1. The maximum atomic E-state index is 12.2. The predicted octanol–water partition coefficient (Wildman–Crippen LogP) is 0.255. The molecule has 0 radical (unpaired) electrons. The van der Waals surface area contributed by atoms with E-state index in [1.807, 2.05) is 0 Å². The molecule has 20 heavy (non-hydrogen) atoms. The van der Waals surface area contributed by atoms with Crippen molar-refractivity contribution in [3.8, 4) is 0 Å². The lowest BCUT2D eigenvalue weighted by atomic mass is 10.2. The Morgan fingerprint density at radius 3 is 2.80 bits per heavy atom. The van der Waals surface area contributed by atoms with Gasteiger partial charge in [0, 0.05) is 25.2 Å². The minimum atomic E-state index is -3.69. The Kier molecular flexibility index (Phi) is 4.12. The molecule has 1 heterocycles. The van der Waals surface area contributed by atoms with Crippen LogP contribution < -0.4 is 9.62 Å². The fourth-order valence-corrected chi connectivity index (χ4v) is 3.48. The number of sulfonamides is 1. The van der Waals surface area contributed by atoms with Gasteiger partial charge in [0.05, 0.1) is 11.5 Å². The van der Waals surface area contributed by atoms with Crippen LogP contribution >= 0.6 is 0 Å². The lowest BCUT2D eigenvalue weighted by Gasteiger charge is -2.16. The second-order valence-electron chi connectivity index (χ2n) is 4.92. The molecule has 0 unspecified atom stereocenters. The molecule has 1 aromatic carbocycles. The van der Waals surface area contributed by atoms with Crippen LogP contribution in [0.1, 0.15) is 19.4 Å². The molecule has 110 valence electrons. The van der Waals surface area contributed by atoms with Crippen molar-refractivity contribution in [3.05, 3.63) is 23.8 Å². The van der Waals surface area contributed by atoms with E-state index >= 15 is 0 Å². The van der Waals surface area contributed by atoms with Gasteiger partial charge in [0.2, 0.25) is 15.9 Å². The lowest BCUT2D eigenvalue weighted by Crippen LogP contribution is -2.35. The second-order valence-corrected chi connectivity index (χ2v) is 6.63. The van der Waals surface area contributed by atoms with Gasteiger partial charge in [-0.15, -0.1) is 0 Å². The summed E-state index contributed by atoms with van der Waals surface area (Å²) < 4.78 is 26.7. The first-order valence-electron chi connectivity index (χ1n) is 6.39. The molecular formula is C13H18N2O4S. The second kappa shape index (κ2) is 5.51. The highest BCUT2D eigenvalue weighted by Gasteiger charge is 2.25. The summed E-state index contributed by atoms with van der Waals surface area (Å²) in [5.74, 6) is -0.102. The zero-order valence-electron chi connectivity index (χ0n) is 11.5. The smallest absolute Gasteiger partial charge is 0.240 e. The number of hydrogen-bond donors (Lipinski definition) is 2. The van der Waals surface area contributed by atoms with Crippen molar-refractivity contribution in [2.24, 2.45) is 0 Å². The summed E-state index contributed by atoms with van der Waals surface area (Å²) >= 11 is 0. The molecule has 1 aromatic rings. The topological polar surface area (TPSA) is 86.7 Å². The zero-order chi connectivity index (χ0) is 14.9. The number of rotatable bonds is 4. The van der Waals surface area contributed by atoms with Gasteiger partial charge >= 0.3 is 0 Å². The van der Waals surface area contributed by atoms with E-state index in [1.165, 1.54) is 19.1 Å². The predicted molar refractivity (Wildman–Crippen MR) is 75.0 cm³/mol. The summed E-state index contributed by atoms with van der Waals surface area (Å²) in [7, 11) is -3.69. The van der Waals surface area contributed by atoms with Gasteiger partial charge < -0.3 is 10.0 Å². The van der Waals surface area contributed by atoms with Crippen molar-refractivity contribution in [3.63, 3.8) is 0 Å². The van der Waals surface area contributed by atoms with Crippen molar-refractivity contribution < 1.29 is 18.3 Å². The maximum absolute atomic E-state index is 12.2. The van der Waals surface area contributed by atoms with Gasteiger partial charge in [-0.2, -0.15) is 0 Å². The van der Waals surface area contributed by atoms with Gasteiger partial charge in [0.1, 0.15) is 0 Å². The first-order chi connectivity index (χ1) is 9.35. The first kappa shape index (κ1) is 15.0. The fourth-order valence-electron chi connectivity index (χ4n) is 2.22. The summed E-state index contributed by atoms with van der Waals surface area (Å²) in [6.07, 6.45) is 0.732. The summed E-state index contributed by atoms with van der Waals surface area (Å²) in [6.45, 7) is 3.34. The van der Waals surface area contributed by atoms with Crippen LogP contribution in [0.15, 0.2) is 23.1 Å². The fraction of sp³-hybridized carbons (Fsp3) is 0.462. The van der Waals surface area contributed by atoms with Gasteiger partial charge in [-0.05, 0) is 31.0 Å². The summed E-state index contributed by atoms with van der Waals surface area (Å²) in [5, 5.41) is 8.93. The number of nitrogens with zero attached hydrogens (tertiary/aromatic N) is 1. The van der Waals surface area contributed by atoms with Crippen LogP contribution in [-0.2, 0) is 21.2 Å². The molecular weight excluding hydrogens is 280 g/mol. The number of aliphatic hydroxyl groups is 1. The highest BCUT2D eigenvalue weighted by Crippen LogP contribution is 2.30. The van der Waals surface area contributed by atoms with Gasteiger partial charge in [0.15, 0.2) is 0 Å². The number of hydrogen-bond acceptors (Lipinski definition) is 4. The average Bonchev–Trinajstić information content (AvgIpc) is 2.80. The molecule has 0 spiro atoms. The highest BCUT2D eigenvalue weighted by molar-refractivity contribution is 7.89. The number of carbonyl (C=O) groups is 1. The number of benzene rings is 1. The van der Waals surface area contributed by atoms with Crippen LogP contribution in [0.5, 0.6) is 0 Å². The van der Waals surface area contributed by atoms with E-state index < -0.39 is 16.1 Å². The molecule has 7 heteroatoms. The molecule has 2 rings (SSSR count). The molecule has 0 aliphatic carbocycles. The summed E-state index contributed by atoms with van der Waals surface area (Å²) in [4.78, 5) is 13.2. The Labute approximate surface area is 118 Å². The van der Waals surface area contributed by atoms with E-state index in [0.717, 1.165) is 12.0 Å².